The van der Waals surface area contributed by atoms with E-state index in [9.17, 15) is 14.4 Å². The summed E-state index contributed by atoms with van der Waals surface area (Å²) in [6, 6.07) is 8.01. The van der Waals surface area contributed by atoms with Gasteiger partial charge in [-0.05, 0) is 43.2 Å². The summed E-state index contributed by atoms with van der Waals surface area (Å²) in [6.45, 7) is 3.76. The van der Waals surface area contributed by atoms with Crippen LogP contribution < -0.4 is 4.90 Å². The molecule has 2 aromatic carbocycles. The number of fused-ring (bicyclic) bond motifs is 1. The summed E-state index contributed by atoms with van der Waals surface area (Å²) in [5.41, 5.74) is 2.02. The first-order chi connectivity index (χ1) is 12.3. The molecule has 1 aliphatic heterocycles. The van der Waals surface area contributed by atoms with Crippen molar-refractivity contribution >= 4 is 46.7 Å². The van der Waals surface area contributed by atoms with Gasteiger partial charge < -0.3 is 4.74 Å². The van der Waals surface area contributed by atoms with E-state index in [1.165, 1.54) is 0 Å². The molecule has 1 aliphatic rings. The van der Waals surface area contributed by atoms with Crippen LogP contribution in [0.1, 0.15) is 38.8 Å². The molecule has 0 saturated carbocycles. The third-order valence-corrected chi connectivity index (χ3v) is 4.72. The highest BCUT2D eigenvalue weighted by atomic mass is 35.5. The number of benzene rings is 2. The number of ether oxygens (including phenoxy) is 1. The molecule has 134 valence electrons. The van der Waals surface area contributed by atoms with Gasteiger partial charge in [0.2, 0.25) is 0 Å². The predicted octanol–water partition coefficient (Wildman–Crippen LogP) is 4.21. The number of aryl methyl sites for hydroxylation is 1. The Kier molecular flexibility index (Phi) is 5.03. The molecule has 0 fully saturated rings. The number of halogens is 2. The molecule has 5 nitrogen and oxygen atoms in total. The van der Waals surface area contributed by atoms with Gasteiger partial charge in [0.15, 0.2) is 0 Å². The fraction of sp³-hybridized carbons (Fsp3) is 0.211. The molecule has 0 unspecified atom stereocenters. The number of carbonyl (C=O) groups excluding carboxylic acids is 3. The molecule has 0 aliphatic carbocycles. The van der Waals surface area contributed by atoms with Crippen LogP contribution in [0.3, 0.4) is 0 Å². The number of imide groups is 1. The van der Waals surface area contributed by atoms with E-state index in [0.717, 1.165) is 4.90 Å². The van der Waals surface area contributed by atoms with Gasteiger partial charge in [-0.2, -0.15) is 0 Å². The summed E-state index contributed by atoms with van der Waals surface area (Å²) in [5.74, 6) is -1.36. The average Bonchev–Trinajstić information content (AvgIpc) is 2.84. The number of rotatable bonds is 4. The zero-order valence-electron chi connectivity index (χ0n) is 14.1. The fourth-order valence-corrected chi connectivity index (χ4v) is 3.45. The highest BCUT2D eigenvalue weighted by Crippen LogP contribution is 2.37. The standard InChI is InChI=1S/C19H15Cl2NO4/c1-3-26-15(23)9-11-5-7-14(13(21)8-11)22-18(24)16-10(2)4-6-12(20)17(16)19(22)25/h4-8H,3,9H2,1-2H3. The Labute approximate surface area is 160 Å². The van der Waals surface area contributed by atoms with Crippen molar-refractivity contribution in [3.63, 3.8) is 0 Å². The largest absolute Gasteiger partial charge is 0.466 e. The number of anilines is 1. The van der Waals surface area contributed by atoms with Gasteiger partial charge in [-0.1, -0.05) is 35.3 Å². The Morgan fingerprint density at radius 2 is 1.73 bits per heavy atom. The second-order valence-corrected chi connectivity index (χ2v) is 6.64. The smallest absolute Gasteiger partial charge is 0.310 e. The second kappa shape index (κ2) is 7.09. The lowest BCUT2D eigenvalue weighted by Gasteiger charge is -2.16. The van der Waals surface area contributed by atoms with Crippen molar-refractivity contribution in [1.82, 2.24) is 0 Å². The summed E-state index contributed by atoms with van der Waals surface area (Å²) >= 11 is 12.4. The Morgan fingerprint density at radius 1 is 1.04 bits per heavy atom. The summed E-state index contributed by atoms with van der Waals surface area (Å²) < 4.78 is 4.90. The first-order valence-corrected chi connectivity index (χ1v) is 8.72. The predicted molar refractivity (Wildman–Crippen MR) is 99.1 cm³/mol. The molecular formula is C19H15Cl2NO4. The first kappa shape index (κ1) is 18.4. The van der Waals surface area contributed by atoms with Crippen molar-refractivity contribution in [1.29, 1.82) is 0 Å². The Bertz CT molecular complexity index is 898. The van der Waals surface area contributed by atoms with E-state index >= 15 is 0 Å². The minimum atomic E-state index is -0.515. The molecule has 0 atom stereocenters. The van der Waals surface area contributed by atoms with Crippen LogP contribution >= 0.6 is 23.2 Å². The molecule has 26 heavy (non-hydrogen) atoms. The van der Waals surface area contributed by atoms with Gasteiger partial charge in [-0.3, -0.25) is 14.4 Å². The highest BCUT2D eigenvalue weighted by Gasteiger charge is 2.40. The lowest BCUT2D eigenvalue weighted by molar-refractivity contribution is -0.142. The van der Waals surface area contributed by atoms with Crippen LogP contribution in [0, 0.1) is 6.92 Å². The topological polar surface area (TPSA) is 63.7 Å². The van der Waals surface area contributed by atoms with Crippen LogP contribution in [0.5, 0.6) is 0 Å². The maximum Gasteiger partial charge on any atom is 0.310 e. The average molecular weight is 392 g/mol. The molecule has 0 bridgehead atoms. The van der Waals surface area contributed by atoms with Crippen molar-refractivity contribution in [2.24, 2.45) is 0 Å². The van der Waals surface area contributed by atoms with Crippen molar-refractivity contribution in [2.45, 2.75) is 20.3 Å². The van der Waals surface area contributed by atoms with E-state index in [-0.39, 0.29) is 39.2 Å². The van der Waals surface area contributed by atoms with E-state index in [2.05, 4.69) is 0 Å². The van der Waals surface area contributed by atoms with Crippen molar-refractivity contribution < 1.29 is 19.1 Å². The molecule has 0 spiro atoms. The SMILES string of the molecule is CCOC(=O)Cc1ccc(N2C(=O)c3c(C)ccc(Cl)c3C2=O)c(Cl)c1. The van der Waals surface area contributed by atoms with Crippen molar-refractivity contribution in [2.75, 3.05) is 11.5 Å². The molecule has 0 aromatic heterocycles. The van der Waals surface area contributed by atoms with E-state index in [4.69, 9.17) is 27.9 Å². The monoisotopic (exact) mass is 391 g/mol. The lowest BCUT2D eigenvalue weighted by atomic mass is 10.0. The van der Waals surface area contributed by atoms with Gasteiger partial charge in [0.25, 0.3) is 11.8 Å². The molecule has 0 saturated heterocycles. The number of hydrogen-bond donors (Lipinski definition) is 0. The minimum Gasteiger partial charge on any atom is -0.466 e. The van der Waals surface area contributed by atoms with Crippen LogP contribution in [0.4, 0.5) is 5.69 Å². The van der Waals surface area contributed by atoms with Gasteiger partial charge >= 0.3 is 5.97 Å². The van der Waals surface area contributed by atoms with E-state index < -0.39 is 11.8 Å². The number of esters is 1. The van der Waals surface area contributed by atoms with E-state index in [1.54, 1.807) is 44.2 Å². The third-order valence-electron chi connectivity index (χ3n) is 4.10. The third kappa shape index (κ3) is 3.08. The van der Waals surface area contributed by atoms with Crippen molar-refractivity contribution in [3.8, 4) is 0 Å². The summed E-state index contributed by atoms with van der Waals surface area (Å²) in [4.78, 5) is 38.2. The molecule has 0 N–H and O–H groups in total. The zero-order chi connectivity index (χ0) is 19.0. The molecule has 2 amide bonds. The maximum absolute atomic E-state index is 12.8. The number of nitrogens with zero attached hydrogens (tertiary/aromatic N) is 1. The van der Waals surface area contributed by atoms with Crippen molar-refractivity contribution in [3.05, 3.63) is 62.6 Å². The van der Waals surface area contributed by atoms with E-state index in [1.807, 2.05) is 0 Å². The van der Waals surface area contributed by atoms with Crippen LogP contribution in [-0.2, 0) is 16.0 Å². The molecule has 3 rings (SSSR count). The zero-order valence-corrected chi connectivity index (χ0v) is 15.6. The highest BCUT2D eigenvalue weighted by molar-refractivity contribution is 6.44. The summed E-state index contributed by atoms with van der Waals surface area (Å²) in [7, 11) is 0. The van der Waals surface area contributed by atoms with Gasteiger partial charge in [-0.25, -0.2) is 4.90 Å². The van der Waals surface area contributed by atoms with Gasteiger partial charge in [0.05, 0.1) is 39.9 Å². The maximum atomic E-state index is 12.8. The van der Waals surface area contributed by atoms with Gasteiger partial charge in [-0.15, -0.1) is 0 Å². The van der Waals surface area contributed by atoms with Crippen LogP contribution in [0.2, 0.25) is 10.0 Å². The number of amides is 2. The van der Waals surface area contributed by atoms with Crippen LogP contribution in [0.15, 0.2) is 30.3 Å². The molecule has 2 aromatic rings. The molecule has 0 radical (unpaired) electrons. The van der Waals surface area contributed by atoms with Gasteiger partial charge in [0, 0.05) is 0 Å². The number of carbonyl (C=O) groups is 3. The second-order valence-electron chi connectivity index (χ2n) is 5.83. The summed E-state index contributed by atoms with van der Waals surface area (Å²) in [6.07, 6.45) is 0.0564. The molecule has 1 heterocycles. The molecule has 7 heteroatoms. The van der Waals surface area contributed by atoms with Gasteiger partial charge in [0.1, 0.15) is 0 Å². The number of hydrogen-bond acceptors (Lipinski definition) is 4. The fourth-order valence-electron chi connectivity index (χ4n) is 2.92. The van der Waals surface area contributed by atoms with E-state index in [0.29, 0.717) is 17.7 Å². The Morgan fingerprint density at radius 3 is 2.35 bits per heavy atom. The first-order valence-electron chi connectivity index (χ1n) is 7.97. The Balaban J connectivity index is 1.97. The lowest BCUT2D eigenvalue weighted by Crippen LogP contribution is -2.29. The molecular weight excluding hydrogens is 377 g/mol. The minimum absolute atomic E-state index is 0.0564. The normalized spacial score (nSPS) is 13.2. The van der Waals surface area contributed by atoms with Crippen LogP contribution in [0.25, 0.3) is 0 Å². The Hall–Kier alpha value is -2.37. The summed E-state index contributed by atoms with van der Waals surface area (Å²) in [5, 5.41) is 0.414. The quantitative estimate of drug-likeness (QED) is 0.578. The van der Waals surface area contributed by atoms with Crippen LogP contribution in [-0.4, -0.2) is 24.4 Å².